The Bertz CT molecular complexity index is 1080. The number of anilines is 1. The van der Waals surface area contributed by atoms with Crippen molar-refractivity contribution < 1.29 is 13.6 Å². The van der Waals surface area contributed by atoms with Crippen LogP contribution in [0.15, 0.2) is 36.4 Å². The van der Waals surface area contributed by atoms with Crippen LogP contribution >= 0.6 is 12.4 Å². The number of rotatable bonds is 4. The van der Waals surface area contributed by atoms with Crippen LogP contribution < -0.4 is 10.6 Å². The molecule has 9 heteroatoms. The summed E-state index contributed by atoms with van der Waals surface area (Å²) in [6.45, 7) is 5.04. The highest BCUT2D eigenvalue weighted by molar-refractivity contribution is 6.01. The first-order chi connectivity index (χ1) is 14.0. The van der Waals surface area contributed by atoms with Gasteiger partial charge >= 0.3 is 0 Å². The number of fused-ring (bicyclic) bond motifs is 1. The van der Waals surface area contributed by atoms with E-state index in [1.807, 2.05) is 13.8 Å². The Morgan fingerprint density at radius 2 is 1.97 bits per heavy atom. The molecule has 6 nitrogen and oxygen atoms in total. The van der Waals surface area contributed by atoms with Gasteiger partial charge in [-0.3, -0.25) is 4.79 Å². The number of amides is 1. The van der Waals surface area contributed by atoms with E-state index in [9.17, 15) is 13.6 Å². The molecule has 158 valence electrons. The molecule has 2 aromatic carbocycles. The summed E-state index contributed by atoms with van der Waals surface area (Å²) >= 11 is 0. The van der Waals surface area contributed by atoms with Crippen LogP contribution in [0.1, 0.15) is 47.3 Å². The lowest BCUT2D eigenvalue weighted by atomic mass is 9.99. The molecule has 0 saturated heterocycles. The molecule has 1 aliphatic heterocycles. The van der Waals surface area contributed by atoms with E-state index in [1.165, 1.54) is 16.8 Å². The van der Waals surface area contributed by atoms with Gasteiger partial charge < -0.3 is 10.6 Å². The third kappa shape index (κ3) is 4.06. The molecular weight excluding hydrogens is 412 g/mol. The second kappa shape index (κ2) is 8.89. The fraction of sp³-hybridized carbons (Fsp3) is 0.286. The lowest BCUT2D eigenvalue weighted by molar-refractivity contribution is 0.101. The summed E-state index contributed by atoms with van der Waals surface area (Å²) in [5, 5.41) is 9.94. The van der Waals surface area contributed by atoms with Crippen LogP contribution in [-0.2, 0) is 13.0 Å². The van der Waals surface area contributed by atoms with Crippen LogP contribution in [0.4, 0.5) is 14.5 Å². The van der Waals surface area contributed by atoms with Gasteiger partial charge in [-0.05, 0) is 42.3 Å². The van der Waals surface area contributed by atoms with E-state index in [0.717, 1.165) is 5.56 Å². The Morgan fingerprint density at radius 3 is 2.70 bits per heavy atom. The molecule has 0 unspecified atom stereocenters. The second-order valence-corrected chi connectivity index (χ2v) is 7.26. The SMILES string of the molecule is CC(C)c1nc(C(=O)Nc2ccc3c(c2F)CCNC3)nn1-c1ccccc1F.Cl. The first kappa shape index (κ1) is 21.9. The topological polar surface area (TPSA) is 71.8 Å². The van der Waals surface area contributed by atoms with Gasteiger partial charge in [-0.2, -0.15) is 0 Å². The lowest BCUT2D eigenvalue weighted by Gasteiger charge is -2.19. The van der Waals surface area contributed by atoms with E-state index in [2.05, 4.69) is 20.7 Å². The molecule has 1 aromatic heterocycles. The van der Waals surface area contributed by atoms with E-state index in [1.54, 1.807) is 24.3 Å². The second-order valence-electron chi connectivity index (χ2n) is 7.26. The van der Waals surface area contributed by atoms with Crippen molar-refractivity contribution >= 4 is 24.0 Å². The zero-order valence-electron chi connectivity index (χ0n) is 16.6. The van der Waals surface area contributed by atoms with E-state index >= 15 is 0 Å². The van der Waals surface area contributed by atoms with Crippen LogP contribution in [0.2, 0.25) is 0 Å². The molecule has 2 heterocycles. The molecule has 0 aliphatic carbocycles. The molecule has 0 saturated carbocycles. The molecule has 2 N–H and O–H groups in total. The maximum Gasteiger partial charge on any atom is 0.295 e. The zero-order chi connectivity index (χ0) is 20.5. The highest BCUT2D eigenvalue weighted by atomic mass is 35.5. The van der Waals surface area contributed by atoms with E-state index < -0.39 is 17.5 Å². The maximum absolute atomic E-state index is 14.8. The Morgan fingerprint density at radius 1 is 1.20 bits per heavy atom. The molecule has 30 heavy (non-hydrogen) atoms. The molecule has 0 fully saturated rings. The molecule has 3 aromatic rings. The average Bonchev–Trinajstić information content (AvgIpc) is 3.16. The van der Waals surface area contributed by atoms with Gasteiger partial charge in [0.15, 0.2) is 0 Å². The zero-order valence-corrected chi connectivity index (χ0v) is 17.4. The van der Waals surface area contributed by atoms with Crippen LogP contribution in [0, 0.1) is 11.6 Å². The number of nitrogens with zero attached hydrogens (tertiary/aromatic N) is 3. The van der Waals surface area contributed by atoms with Crippen LogP contribution in [0.3, 0.4) is 0 Å². The minimum absolute atomic E-state index is 0. The van der Waals surface area contributed by atoms with Crippen molar-refractivity contribution in [1.82, 2.24) is 20.1 Å². The number of hydrogen-bond donors (Lipinski definition) is 2. The number of aromatic nitrogens is 3. The van der Waals surface area contributed by atoms with E-state index in [-0.39, 0.29) is 35.5 Å². The van der Waals surface area contributed by atoms with Crippen molar-refractivity contribution in [3.05, 3.63) is 70.8 Å². The molecule has 1 amide bonds. The fourth-order valence-electron chi connectivity index (χ4n) is 3.40. The summed E-state index contributed by atoms with van der Waals surface area (Å²) < 4.78 is 30.4. The standard InChI is InChI=1S/C21H21F2N5O.ClH/c1-12(2)20-26-19(27-28(20)17-6-4-3-5-15(17)22)21(29)25-16-8-7-13-11-24-10-9-14(13)18(16)23;/h3-8,12,24H,9-11H2,1-2H3,(H,25,29);1H. The van der Waals surface area contributed by atoms with Crippen molar-refractivity contribution in [1.29, 1.82) is 0 Å². The number of hydrogen-bond acceptors (Lipinski definition) is 4. The number of para-hydroxylation sites is 1. The summed E-state index contributed by atoms with van der Waals surface area (Å²) in [6.07, 6.45) is 0.558. The average molecular weight is 434 g/mol. The largest absolute Gasteiger partial charge is 0.317 e. The van der Waals surface area contributed by atoms with Crippen molar-refractivity contribution in [2.45, 2.75) is 32.7 Å². The molecule has 0 radical (unpaired) electrons. The molecule has 0 spiro atoms. The van der Waals surface area contributed by atoms with Crippen LogP contribution in [0.5, 0.6) is 0 Å². The number of halogens is 3. The normalized spacial score (nSPS) is 13.0. The summed E-state index contributed by atoms with van der Waals surface area (Å²) in [7, 11) is 0. The Hall–Kier alpha value is -2.84. The smallest absolute Gasteiger partial charge is 0.295 e. The van der Waals surface area contributed by atoms with Gasteiger partial charge in [-0.25, -0.2) is 18.4 Å². The van der Waals surface area contributed by atoms with Crippen LogP contribution in [0.25, 0.3) is 5.69 Å². The number of carbonyl (C=O) groups is 1. The predicted octanol–water partition coefficient (Wildman–Crippen LogP) is 3.99. The van der Waals surface area contributed by atoms with Gasteiger partial charge in [0.1, 0.15) is 23.1 Å². The number of nitrogens with one attached hydrogen (secondary N) is 2. The monoisotopic (exact) mass is 433 g/mol. The minimum atomic E-state index is -0.644. The van der Waals surface area contributed by atoms with Gasteiger partial charge in [0.2, 0.25) is 5.82 Å². The van der Waals surface area contributed by atoms with Crippen molar-refractivity contribution in [3.63, 3.8) is 0 Å². The highest BCUT2D eigenvalue weighted by Gasteiger charge is 2.23. The third-order valence-electron chi connectivity index (χ3n) is 4.89. The Balaban J connectivity index is 0.00000256. The minimum Gasteiger partial charge on any atom is -0.317 e. The van der Waals surface area contributed by atoms with Crippen molar-refractivity contribution in [2.75, 3.05) is 11.9 Å². The molecule has 4 rings (SSSR count). The Labute approximate surface area is 179 Å². The van der Waals surface area contributed by atoms with Crippen molar-refractivity contribution in [2.24, 2.45) is 0 Å². The van der Waals surface area contributed by atoms with Gasteiger partial charge in [-0.15, -0.1) is 17.5 Å². The number of carbonyl (C=O) groups excluding carboxylic acids is 1. The Kier molecular flexibility index (Phi) is 6.48. The maximum atomic E-state index is 14.8. The molecular formula is C21H22ClF2N5O. The summed E-state index contributed by atoms with van der Waals surface area (Å²) in [6, 6.07) is 9.47. The quantitative estimate of drug-likeness (QED) is 0.652. The lowest BCUT2D eigenvalue weighted by Crippen LogP contribution is -2.25. The van der Waals surface area contributed by atoms with Gasteiger partial charge in [0.05, 0.1) is 5.69 Å². The highest BCUT2D eigenvalue weighted by Crippen LogP contribution is 2.25. The molecule has 1 aliphatic rings. The first-order valence-corrected chi connectivity index (χ1v) is 9.50. The van der Waals surface area contributed by atoms with Gasteiger partial charge in [0.25, 0.3) is 5.91 Å². The summed E-state index contributed by atoms with van der Waals surface area (Å²) in [5.74, 6) is -1.35. The molecule has 0 atom stereocenters. The molecule has 0 bridgehead atoms. The van der Waals surface area contributed by atoms with Gasteiger partial charge in [-0.1, -0.05) is 32.0 Å². The summed E-state index contributed by atoms with van der Waals surface area (Å²) in [4.78, 5) is 17.0. The fourth-order valence-corrected chi connectivity index (χ4v) is 3.40. The van der Waals surface area contributed by atoms with Crippen molar-refractivity contribution in [3.8, 4) is 5.69 Å². The third-order valence-corrected chi connectivity index (χ3v) is 4.89. The van der Waals surface area contributed by atoms with Crippen LogP contribution in [-0.4, -0.2) is 27.2 Å². The van der Waals surface area contributed by atoms with E-state index in [0.29, 0.717) is 30.9 Å². The predicted molar refractivity (Wildman–Crippen MR) is 112 cm³/mol. The van der Waals surface area contributed by atoms with Gasteiger partial charge in [0, 0.05) is 12.5 Å². The number of benzene rings is 2. The summed E-state index contributed by atoms with van der Waals surface area (Å²) in [5.41, 5.74) is 1.78. The van der Waals surface area contributed by atoms with E-state index in [4.69, 9.17) is 0 Å². The first-order valence-electron chi connectivity index (χ1n) is 9.50.